The van der Waals surface area contributed by atoms with E-state index in [9.17, 15) is 4.79 Å². The molecule has 0 saturated heterocycles. The molecule has 2 aromatic rings. The molecule has 2 aromatic carbocycles. The summed E-state index contributed by atoms with van der Waals surface area (Å²) < 4.78 is 5.31. The summed E-state index contributed by atoms with van der Waals surface area (Å²) in [5.41, 5.74) is 4.17. The first-order valence-electron chi connectivity index (χ1n) is 10.2. The summed E-state index contributed by atoms with van der Waals surface area (Å²) in [6, 6.07) is 14.5. The van der Waals surface area contributed by atoms with E-state index in [1.807, 2.05) is 24.3 Å². The SMILES string of the molecule is CCCCNC(=O)c1cccc2c1NC(c1ccc(OC)cc1)C1CC=CC21. The molecule has 1 aliphatic heterocycles. The van der Waals surface area contributed by atoms with E-state index >= 15 is 0 Å². The predicted molar refractivity (Wildman–Crippen MR) is 113 cm³/mol. The first-order valence-corrected chi connectivity index (χ1v) is 10.2. The van der Waals surface area contributed by atoms with Crippen LogP contribution in [0.5, 0.6) is 5.75 Å². The number of para-hydroxylation sites is 1. The molecule has 0 spiro atoms. The molecule has 4 nitrogen and oxygen atoms in total. The minimum atomic E-state index is 0.00621. The fourth-order valence-corrected chi connectivity index (χ4v) is 4.43. The van der Waals surface area contributed by atoms with Gasteiger partial charge in [0.2, 0.25) is 0 Å². The minimum absolute atomic E-state index is 0.00621. The van der Waals surface area contributed by atoms with Crippen LogP contribution in [0, 0.1) is 5.92 Å². The standard InChI is InChI=1S/C24H28N2O2/c1-3-4-15-25-24(27)21-10-6-9-20-18-7-5-8-19(18)22(26-23(20)21)16-11-13-17(28-2)14-12-16/h5-7,9-14,18-19,22,26H,3-4,8,15H2,1-2H3,(H,25,27). The maximum Gasteiger partial charge on any atom is 0.253 e. The lowest BCUT2D eigenvalue weighted by Crippen LogP contribution is -2.32. The van der Waals surface area contributed by atoms with E-state index in [2.05, 4.69) is 47.9 Å². The number of hydrogen-bond acceptors (Lipinski definition) is 3. The van der Waals surface area contributed by atoms with Gasteiger partial charge in [-0.3, -0.25) is 4.79 Å². The van der Waals surface area contributed by atoms with Gasteiger partial charge < -0.3 is 15.4 Å². The van der Waals surface area contributed by atoms with Crippen LogP contribution in [0.25, 0.3) is 0 Å². The number of amides is 1. The van der Waals surface area contributed by atoms with Gasteiger partial charge >= 0.3 is 0 Å². The Balaban J connectivity index is 1.68. The molecule has 1 amide bonds. The van der Waals surface area contributed by atoms with E-state index in [0.29, 0.717) is 18.4 Å². The van der Waals surface area contributed by atoms with Crippen molar-refractivity contribution in [1.82, 2.24) is 5.32 Å². The molecule has 0 radical (unpaired) electrons. The van der Waals surface area contributed by atoms with Crippen molar-refractivity contribution in [2.24, 2.45) is 5.92 Å². The topological polar surface area (TPSA) is 50.4 Å². The summed E-state index contributed by atoms with van der Waals surface area (Å²) in [5.74, 6) is 1.66. The minimum Gasteiger partial charge on any atom is -0.497 e. The molecule has 1 heterocycles. The van der Waals surface area contributed by atoms with Crippen LogP contribution in [-0.4, -0.2) is 19.6 Å². The molecule has 3 atom stereocenters. The zero-order chi connectivity index (χ0) is 19.5. The zero-order valence-electron chi connectivity index (χ0n) is 16.6. The van der Waals surface area contributed by atoms with E-state index in [-0.39, 0.29) is 11.9 Å². The molecule has 0 bridgehead atoms. The summed E-state index contributed by atoms with van der Waals surface area (Å²) in [6.07, 6.45) is 7.69. The number of ether oxygens (including phenoxy) is 1. The predicted octanol–water partition coefficient (Wildman–Crippen LogP) is 5.05. The van der Waals surface area contributed by atoms with Gasteiger partial charge in [0.1, 0.15) is 5.75 Å². The molecule has 0 fully saturated rings. The third kappa shape index (κ3) is 3.39. The average Bonchev–Trinajstić information content (AvgIpc) is 3.23. The van der Waals surface area contributed by atoms with Crippen LogP contribution in [0.4, 0.5) is 5.69 Å². The molecule has 146 valence electrons. The van der Waals surface area contributed by atoms with Crippen LogP contribution >= 0.6 is 0 Å². The highest BCUT2D eigenvalue weighted by molar-refractivity contribution is 6.00. The number of rotatable bonds is 6. The second-order valence-corrected chi connectivity index (χ2v) is 7.63. The van der Waals surface area contributed by atoms with Gasteiger partial charge in [-0.05, 0) is 48.1 Å². The number of unbranched alkanes of at least 4 members (excludes halogenated alkanes) is 1. The number of allylic oxidation sites excluding steroid dienone is 2. The van der Waals surface area contributed by atoms with Gasteiger partial charge in [-0.25, -0.2) is 0 Å². The fourth-order valence-electron chi connectivity index (χ4n) is 4.43. The summed E-state index contributed by atoms with van der Waals surface area (Å²) in [7, 11) is 1.68. The normalized spacial score (nSPS) is 22.1. The highest BCUT2D eigenvalue weighted by atomic mass is 16.5. The highest BCUT2D eigenvalue weighted by Gasteiger charge is 2.39. The second kappa shape index (κ2) is 8.09. The van der Waals surface area contributed by atoms with Gasteiger partial charge in [0.15, 0.2) is 0 Å². The average molecular weight is 377 g/mol. The van der Waals surface area contributed by atoms with Crippen molar-refractivity contribution in [3.8, 4) is 5.75 Å². The smallest absolute Gasteiger partial charge is 0.253 e. The van der Waals surface area contributed by atoms with Crippen LogP contribution in [-0.2, 0) is 0 Å². The molecule has 28 heavy (non-hydrogen) atoms. The number of nitrogens with one attached hydrogen (secondary N) is 2. The van der Waals surface area contributed by atoms with E-state index in [1.54, 1.807) is 7.11 Å². The third-order valence-electron chi connectivity index (χ3n) is 5.93. The van der Waals surface area contributed by atoms with Crippen LogP contribution in [0.1, 0.15) is 59.6 Å². The molecule has 2 aliphatic rings. The molecule has 3 unspecified atom stereocenters. The highest BCUT2D eigenvalue weighted by Crippen LogP contribution is 2.50. The molecular formula is C24H28N2O2. The maximum atomic E-state index is 12.8. The fraction of sp³-hybridized carbons (Fsp3) is 0.375. The van der Waals surface area contributed by atoms with E-state index in [0.717, 1.165) is 36.3 Å². The van der Waals surface area contributed by atoms with Crippen molar-refractivity contribution < 1.29 is 9.53 Å². The van der Waals surface area contributed by atoms with Gasteiger partial charge in [0.05, 0.1) is 24.4 Å². The van der Waals surface area contributed by atoms with Crippen molar-refractivity contribution in [3.05, 3.63) is 71.3 Å². The maximum absolute atomic E-state index is 12.8. The number of carbonyl (C=O) groups is 1. The largest absolute Gasteiger partial charge is 0.497 e. The number of benzene rings is 2. The number of carbonyl (C=O) groups excluding carboxylic acids is 1. The van der Waals surface area contributed by atoms with E-state index < -0.39 is 0 Å². The lowest BCUT2D eigenvalue weighted by Gasteiger charge is -2.38. The molecule has 0 saturated carbocycles. The summed E-state index contributed by atoms with van der Waals surface area (Å²) in [6.45, 7) is 2.84. The first-order chi connectivity index (χ1) is 13.7. The number of anilines is 1. The first kappa shape index (κ1) is 18.6. The Bertz CT molecular complexity index is 873. The summed E-state index contributed by atoms with van der Waals surface area (Å²) in [5, 5.41) is 6.79. The van der Waals surface area contributed by atoms with Crippen molar-refractivity contribution in [2.75, 3.05) is 19.0 Å². The van der Waals surface area contributed by atoms with Gasteiger partial charge in [-0.15, -0.1) is 0 Å². The van der Waals surface area contributed by atoms with E-state index in [4.69, 9.17) is 4.74 Å². The Hall–Kier alpha value is -2.75. The Morgan fingerprint density at radius 2 is 2.04 bits per heavy atom. The molecule has 0 aromatic heterocycles. The summed E-state index contributed by atoms with van der Waals surface area (Å²) >= 11 is 0. The van der Waals surface area contributed by atoms with Gasteiger partial charge in [-0.2, -0.15) is 0 Å². The monoisotopic (exact) mass is 376 g/mol. The van der Waals surface area contributed by atoms with Crippen molar-refractivity contribution >= 4 is 11.6 Å². The Morgan fingerprint density at radius 1 is 1.21 bits per heavy atom. The summed E-state index contributed by atoms with van der Waals surface area (Å²) in [4.78, 5) is 12.8. The Morgan fingerprint density at radius 3 is 2.79 bits per heavy atom. The molecule has 4 rings (SSSR count). The van der Waals surface area contributed by atoms with Crippen molar-refractivity contribution in [3.63, 3.8) is 0 Å². The van der Waals surface area contributed by atoms with Crippen molar-refractivity contribution in [1.29, 1.82) is 0 Å². The van der Waals surface area contributed by atoms with Gasteiger partial charge in [0.25, 0.3) is 5.91 Å². The molecule has 2 N–H and O–H groups in total. The second-order valence-electron chi connectivity index (χ2n) is 7.63. The van der Waals surface area contributed by atoms with E-state index in [1.165, 1.54) is 11.1 Å². The van der Waals surface area contributed by atoms with Crippen LogP contribution in [0.15, 0.2) is 54.6 Å². The van der Waals surface area contributed by atoms with Crippen molar-refractivity contribution in [2.45, 2.75) is 38.1 Å². The molecule has 1 aliphatic carbocycles. The third-order valence-corrected chi connectivity index (χ3v) is 5.93. The molecular weight excluding hydrogens is 348 g/mol. The lowest BCUT2D eigenvalue weighted by molar-refractivity contribution is 0.0953. The quantitative estimate of drug-likeness (QED) is 0.548. The van der Waals surface area contributed by atoms with Gasteiger partial charge in [-0.1, -0.05) is 49.8 Å². The Labute approximate surface area is 167 Å². The van der Waals surface area contributed by atoms with Crippen LogP contribution in [0.2, 0.25) is 0 Å². The lowest BCUT2D eigenvalue weighted by atomic mass is 9.76. The number of methoxy groups -OCH3 is 1. The van der Waals surface area contributed by atoms with Gasteiger partial charge in [0, 0.05) is 12.5 Å². The Kier molecular flexibility index (Phi) is 5.38. The number of fused-ring (bicyclic) bond motifs is 3. The van der Waals surface area contributed by atoms with Crippen LogP contribution < -0.4 is 15.4 Å². The molecule has 4 heteroatoms. The van der Waals surface area contributed by atoms with Crippen LogP contribution in [0.3, 0.4) is 0 Å². The zero-order valence-corrected chi connectivity index (χ0v) is 16.6. The number of hydrogen-bond donors (Lipinski definition) is 2.